The van der Waals surface area contributed by atoms with E-state index in [0.717, 1.165) is 5.82 Å². The summed E-state index contributed by atoms with van der Waals surface area (Å²) in [5, 5.41) is 10.8. The molecule has 0 unspecified atom stereocenters. The van der Waals surface area contributed by atoms with Gasteiger partial charge in [-0.2, -0.15) is 0 Å². The van der Waals surface area contributed by atoms with Crippen molar-refractivity contribution in [2.75, 3.05) is 0 Å². The van der Waals surface area contributed by atoms with E-state index in [1.165, 1.54) is 0 Å². The van der Waals surface area contributed by atoms with E-state index in [1.807, 2.05) is 19.9 Å². The third kappa shape index (κ3) is 1.13. The second kappa shape index (κ2) is 2.39. The maximum atomic E-state index is 3.69. The molecule has 1 aromatic heterocycles. The van der Waals surface area contributed by atoms with Gasteiger partial charge in [-0.25, -0.2) is 4.68 Å². The molecule has 0 radical (unpaired) electrons. The van der Waals surface area contributed by atoms with Crippen molar-refractivity contribution < 1.29 is 0 Å². The van der Waals surface area contributed by atoms with Crippen LogP contribution in [0, 0.1) is 6.92 Å². The third-order valence-corrected chi connectivity index (χ3v) is 0.948. The lowest BCUT2D eigenvalue weighted by Gasteiger charge is -1.86. The van der Waals surface area contributed by atoms with Crippen molar-refractivity contribution in [3.05, 3.63) is 11.9 Å². The van der Waals surface area contributed by atoms with Crippen LogP contribution >= 0.6 is 0 Å². The van der Waals surface area contributed by atoms with Crippen molar-refractivity contribution in [3.63, 3.8) is 0 Å². The summed E-state index contributed by atoms with van der Waals surface area (Å²) in [5.41, 5.74) is 0. The summed E-state index contributed by atoms with van der Waals surface area (Å²) >= 11 is 0. The fourth-order valence-electron chi connectivity index (χ4n) is 0.517. The zero-order valence-electron chi connectivity index (χ0n) is 5.44. The summed E-state index contributed by atoms with van der Waals surface area (Å²) < 4.78 is 1.61. The molecule has 0 saturated carbocycles. The van der Waals surface area contributed by atoms with Crippen LogP contribution < -0.4 is 0 Å². The minimum Gasteiger partial charge on any atom is -0.205 e. The molecule has 0 fully saturated rings. The van der Waals surface area contributed by atoms with Crippen molar-refractivity contribution >= 4 is 6.20 Å². The van der Waals surface area contributed by atoms with Gasteiger partial charge in [0.15, 0.2) is 5.82 Å². The highest BCUT2D eigenvalue weighted by atomic mass is 15.5. The molecular weight excluding hydrogens is 116 g/mol. The number of nitrogens with zero attached hydrogens (tertiary/aromatic N) is 4. The normalized spacial score (nSPS) is 10.9. The zero-order chi connectivity index (χ0) is 6.69. The van der Waals surface area contributed by atoms with Gasteiger partial charge in [-0.3, -0.25) is 0 Å². The first-order chi connectivity index (χ1) is 4.34. The van der Waals surface area contributed by atoms with Crippen LogP contribution in [0.25, 0.3) is 6.20 Å². The Hall–Kier alpha value is -1.19. The maximum Gasteiger partial charge on any atom is 0.152 e. The van der Waals surface area contributed by atoms with Crippen LogP contribution in [-0.4, -0.2) is 20.2 Å². The van der Waals surface area contributed by atoms with Gasteiger partial charge < -0.3 is 0 Å². The number of hydrogen-bond acceptors (Lipinski definition) is 3. The van der Waals surface area contributed by atoms with Crippen LogP contribution in [0.1, 0.15) is 12.7 Å². The van der Waals surface area contributed by atoms with Gasteiger partial charge in [0.25, 0.3) is 0 Å². The summed E-state index contributed by atoms with van der Waals surface area (Å²) in [7, 11) is 0. The van der Waals surface area contributed by atoms with Crippen molar-refractivity contribution in [1.29, 1.82) is 0 Å². The van der Waals surface area contributed by atoms with E-state index in [0.29, 0.717) is 0 Å². The van der Waals surface area contributed by atoms with Crippen LogP contribution in [0.2, 0.25) is 0 Å². The fraction of sp³-hybridized carbons (Fsp3) is 0.400. The molecular formula is C5H8N4. The van der Waals surface area contributed by atoms with Crippen LogP contribution in [0.4, 0.5) is 0 Å². The van der Waals surface area contributed by atoms with E-state index >= 15 is 0 Å². The first-order valence-electron chi connectivity index (χ1n) is 2.72. The van der Waals surface area contributed by atoms with Gasteiger partial charge in [-0.05, 0) is 24.3 Å². The van der Waals surface area contributed by atoms with Crippen molar-refractivity contribution in [2.24, 2.45) is 0 Å². The second-order valence-electron chi connectivity index (χ2n) is 1.65. The van der Waals surface area contributed by atoms with Gasteiger partial charge in [0.2, 0.25) is 0 Å². The maximum absolute atomic E-state index is 3.69. The van der Waals surface area contributed by atoms with Crippen molar-refractivity contribution in [3.8, 4) is 0 Å². The number of tetrazole rings is 1. The molecule has 4 heteroatoms. The molecule has 1 aromatic rings. The zero-order valence-corrected chi connectivity index (χ0v) is 5.44. The molecule has 0 saturated heterocycles. The van der Waals surface area contributed by atoms with Gasteiger partial charge in [-0.1, -0.05) is 6.08 Å². The van der Waals surface area contributed by atoms with E-state index in [1.54, 1.807) is 10.9 Å². The molecule has 0 aromatic carbocycles. The second-order valence-corrected chi connectivity index (χ2v) is 1.65. The Balaban J connectivity index is 2.94. The minimum absolute atomic E-state index is 0.799. The number of rotatable bonds is 1. The Kier molecular flexibility index (Phi) is 1.58. The lowest BCUT2D eigenvalue weighted by Crippen LogP contribution is -1.90. The number of aromatic nitrogens is 4. The SMILES string of the molecule is C/C=C\n1nnnc1C. The summed E-state index contributed by atoms with van der Waals surface area (Å²) in [4.78, 5) is 0. The highest BCUT2D eigenvalue weighted by Gasteiger charge is 1.91. The number of aryl methyl sites for hydroxylation is 1. The summed E-state index contributed by atoms with van der Waals surface area (Å²) in [6, 6.07) is 0. The van der Waals surface area contributed by atoms with Crippen LogP contribution in [0.15, 0.2) is 6.08 Å². The molecule has 0 aliphatic heterocycles. The Morgan fingerprint density at radius 1 is 1.56 bits per heavy atom. The average Bonchev–Trinajstić information content (AvgIpc) is 2.18. The van der Waals surface area contributed by atoms with Gasteiger partial charge in [0.1, 0.15) is 0 Å². The largest absolute Gasteiger partial charge is 0.205 e. The van der Waals surface area contributed by atoms with E-state index in [2.05, 4.69) is 15.5 Å². The average molecular weight is 124 g/mol. The van der Waals surface area contributed by atoms with E-state index < -0.39 is 0 Å². The van der Waals surface area contributed by atoms with E-state index in [4.69, 9.17) is 0 Å². The topological polar surface area (TPSA) is 43.6 Å². The molecule has 0 spiro atoms. The Morgan fingerprint density at radius 2 is 2.33 bits per heavy atom. The fourth-order valence-corrected chi connectivity index (χ4v) is 0.517. The lowest BCUT2D eigenvalue weighted by molar-refractivity contribution is 0.811. The molecule has 4 nitrogen and oxygen atoms in total. The molecule has 9 heavy (non-hydrogen) atoms. The lowest BCUT2D eigenvalue weighted by atomic mass is 10.6. The van der Waals surface area contributed by atoms with Crippen LogP contribution in [0.3, 0.4) is 0 Å². The van der Waals surface area contributed by atoms with Gasteiger partial charge in [-0.15, -0.1) is 5.10 Å². The molecule has 0 N–H and O–H groups in total. The molecule has 0 bridgehead atoms. The number of allylic oxidation sites excluding steroid dienone is 1. The van der Waals surface area contributed by atoms with Gasteiger partial charge >= 0.3 is 0 Å². The third-order valence-electron chi connectivity index (χ3n) is 0.948. The summed E-state index contributed by atoms with van der Waals surface area (Å²) in [6.45, 7) is 3.76. The Labute approximate surface area is 53.2 Å². The van der Waals surface area contributed by atoms with Crippen molar-refractivity contribution in [2.45, 2.75) is 13.8 Å². The molecule has 0 aliphatic rings. The molecule has 0 aliphatic carbocycles. The minimum atomic E-state index is 0.799. The standard InChI is InChI=1S/C5H8N4/c1-3-4-9-5(2)6-7-8-9/h3-4H,1-2H3/b4-3-. The molecule has 1 rings (SSSR count). The predicted octanol–water partition coefficient (Wildman–Crippen LogP) is 0.472. The molecule has 1 heterocycles. The summed E-state index contributed by atoms with van der Waals surface area (Å²) in [5.74, 6) is 0.799. The van der Waals surface area contributed by atoms with Gasteiger partial charge in [0.05, 0.1) is 0 Å². The first-order valence-corrected chi connectivity index (χ1v) is 2.72. The number of hydrogen-bond donors (Lipinski definition) is 0. The highest BCUT2D eigenvalue weighted by Crippen LogP contribution is 1.87. The molecule has 48 valence electrons. The van der Waals surface area contributed by atoms with E-state index in [9.17, 15) is 0 Å². The smallest absolute Gasteiger partial charge is 0.152 e. The summed E-state index contributed by atoms with van der Waals surface area (Å²) in [6.07, 6.45) is 3.68. The highest BCUT2D eigenvalue weighted by molar-refractivity contribution is 5.18. The van der Waals surface area contributed by atoms with Crippen LogP contribution in [-0.2, 0) is 0 Å². The Morgan fingerprint density at radius 3 is 2.78 bits per heavy atom. The monoisotopic (exact) mass is 124 g/mol. The van der Waals surface area contributed by atoms with E-state index in [-0.39, 0.29) is 0 Å². The first kappa shape index (κ1) is 5.94. The predicted molar refractivity (Wildman–Crippen MR) is 33.6 cm³/mol. The van der Waals surface area contributed by atoms with Crippen molar-refractivity contribution in [1.82, 2.24) is 20.2 Å². The van der Waals surface area contributed by atoms with Gasteiger partial charge in [0, 0.05) is 6.20 Å². The molecule has 0 atom stereocenters. The molecule has 0 amide bonds. The Bertz CT molecular complexity index is 212. The quantitative estimate of drug-likeness (QED) is 0.546. The van der Waals surface area contributed by atoms with Crippen LogP contribution in [0.5, 0.6) is 0 Å².